The van der Waals surface area contributed by atoms with E-state index in [2.05, 4.69) is 21.7 Å². The lowest BCUT2D eigenvalue weighted by Crippen LogP contribution is -2.28. The predicted octanol–water partition coefficient (Wildman–Crippen LogP) is 1.22. The van der Waals surface area contributed by atoms with E-state index in [1.165, 1.54) is 0 Å². The molecule has 1 aliphatic heterocycles. The number of anilines is 1. The molecule has 102 valence electrons. The van der Waals surface area contributed by atoms with Crippen molar-refractivity contribution in [2.45, 2.75) is 13.8 Å². The van der Waals surface area contributed by atoms with Crippen molar-refractivity contribution in [3.05, 3.63) is 22.9 Å². The van der Waals surface area contributed by atoms with Gasteiger partial charge in [-0.2, -0.15) is 5.26 Å². The van der Waals surface area contributed by atoms with Gasteiger partial charge < -0.3 is 15.4 Å². The van der Waals surface area contributed by atoms with Crippen LogP contribution >= 0.6 is 0 Å². The first-order valence-electron chi connectivity index (χ1n) is 6.61. The Morgan fingerprint density at radius 2 is 2.42 bits per heavy atom. The van der Waals surface area contributed by atoms with Crippen molar-refractivity contribution < 1.29 is 4.74 Å². The van der Waals surface area contributed by atoms with Crippen LogP contribution < -0.4 is 10.6 Å². The summed E-state index contributed by atoms with van der Waals surface area (Å²) in [5.41, 5.74) is 2.52. The van der Waals surface area contributed by atoms with Crippen molar-refractivity contribution in [3.8, 4) is 6.07 Å². The van der Waals surface area contributed by atoms with Gasteiger partial charge in [-0.1, -0.05) is 0 Å². The maximum absolute atomic E-state index is 9.21. The summed E-state index contributed by atoms with van der Waals surface area (Å²) in [4.78, 5) is 4.42. The van der Waals surface area contributed by atoms with E-state index < -0.39 is 0 Å². The summed E-state index contributed by atoms with van der Waals surface area (Å²) in [6.45, 7) is 7.98. The molecule has 0 aromatic carbocycles. The Hall–Kier alpha value is -1.64. The van der Waals surface area contributed by atoms with Crippen LogP contribution in [0.3, 0.4) is 0 Å². The first-order valence-corrected chi connectivity index (χ1v) is 6.61. The van der Waals surface area contributed by atoms with Gasteiger partial charge in [-0.25, -0.2) is 4.98 Å². The summed E-state index contributed by atoms with van der Waals surface area (Å²) in [6, 6.07) is 4.15. The molecule has 2 rings (SSSR count). The molecule has 5 heteroatoms. The first kappa shape index (κ1) is 13.8. The highest BCUT2D eigenvalue weighted by Crippen LogP contribution is 2.18. The van der Waals surface area contributed by atoms with Crippen LogP contribution in [0.4, 0.5) is 5.82 Å². The van der Waals surface area contributed by atoms with Gasteiger partial charge in [-0.05, 0) is 25.5 Å². The molecule has 1 aromatic rings. The molecule has 0 aliphatic carbocycles. The summed E-state index contributed by atoms with van der Waals surface area (Å²) < 4.78 is 5.51. The van der Waals surface area contributed by atoms with E-state index in [0.29, 0.717) is 17.3 Å². The Morgan fingerprint density at radius 3 is 3.21 bits per heavy atom. The van der Waals surface area contributed by atoms with E-state index in [9.17, 15) is 5.26 Å². The molecule has 5 nitrogen and oxygen atoms in total. The molecular formula is C14H20N4O. The van der Waals surface area contributed by atoms with Gasteiger partial charge in [0.1, 0.15) is 11.9 Å². The average Bonchev–Trinajstić information content (AvgIpc) is 2.64. The number of nitrogens with zero attached hydrogens (tertiary/aromatic N) is 2. The minimum Gasteiger partial charge on any atom is -0.380 e. The van der Waals surface area contributed by atoms with Crippen LogP contribution in [0.2, 0.25) is 0 Å². The van der Waals surface area contributed by atoms with Gasteiger partial charge in [-0.15, -0.1) is 0 Å². The third-order valence-corrected chi connectivity index (χ3v) is 3.22. The van der Waals surface area contributed by atoms with E-state index in [1.54, 1.807) is 0 Å². The molecule has 2 N–H and O–H groups in total. The zero-order valence-electron chi connectivity index (χ0n) is 11.5. The molecule has 2 heterocycles. The lowest BCUT2D eigenvalue weighted by Gasteiger charge is -2.16. The van der Waals surface area contributed by atoms with Crippen LogP contribution in [0.15, 0.2) is 6.07 Å². The SMILES string of the molecule is Cc1cc(C)c(C#N)c(NC[C@@H]2CNCCOC2)n1. The first-order chi connectivity index (χ1) is 9.20. The van der Waals surface area contributed by atoms with Crippen LogP contribution in [-0.2, 0) is 4.74 Å². The van der Waals surface area contributed by atoms with Crippen LogP contribution in [0.5, 0.6) is 0 Å². The van der Waals surface area contributed by atoms with E-state index >= 15 is 0 Å². The third-order valence-electron chi connectivity index (χ3n) is 3.22. The molecule has 0 saturated carbocycles. The maximum Gasteiger partial charge on any atom is 0.144 e. The molecule has 19 heavy (non-hydrogen) atoms. The predicted molar refractivity (Wildman–Crippen MR) is 74.1 cm³/mol. The van der Waals surface area contributed by atoms with Crippen LogP contribution in [0.25, 0.3) is 0 Å². The average molecular weight is 260 g/mol. The summed E-state index contributed by atoms with van der Waals surface area (Å²) in [5.74, 6) is 1.08. The standard InChI is InChI=1S/C14H20N4O/c1-10-5-11(2)18-14(13(10)6-15)17-8-12-7-16-3-4-19-9-12/h5,12,16H,3-4,7-9H2,1-2H3,(H,17,18)/t12-/m0/s1. The molecule has 0 amide bonds. The number of nitriles is 1. The second kappa shape index (κ2) is 6.50. The van der Waals surface area contributed by atoms with Crippen LogP contribution in [0, 0.1) is 31.1 Å². The molecule has 1 aromatic heterocycles. The fourth-order valence-electron chi connectivity index (χ4n) is 2.24. The minimum absolute atomic E-state index is 0.400. The van der Waals surface area contributed by atoms with Crippen LogP contribution in [-0.4, -0.2) is 37.8 Å². The van der Waals surface area contributed by atoms with Crippen molar-refractivity contribution in [2.24, 2.45) is 5.92 Å². The molecule has 0 unspecified atom stereocenters. The van der Waals surface area contributed by atoms with Gasteiger partial charge in [-0.3, -0.25) is 0 Å². The number of nitrogens with one attached hydrogen (secondary N) is 2. The number of hydrogen-bond acceptors (Lipinski definition) is 5. The minimum atomic E-state index is 0.400. The Morgan fingerprint density at radius 1 is 1.58 bits per heavy atom. The van der Waals surface area contributed by atoms with Crippen molar-refractivity contribution in [2.75, 3.05) is 38.2 Å². The number of rotatable bonds is 3. The molecule has 1 saturated heterocycles. The van der Waals surface area contributed by atoms with Gasteiger partial charge in [0.15, 0.2) is 0 Å². The number of ether oxygens (including phenoxy) is 1. The van der Waals surface area contributed by atoms with E-state index in [4.69, 9.17) is 4.74 Å². The largest absolute Gasteiger partial charge is 0.380 e. The second-order valence-electron chi connectivity index (χ2n) is 4.94. The third kappa shape index (κ3) is 3.66. The van der Waals surface area contributed by atoms with Crippen molar-refractivity contribution in [1.82, 2.24) is 10.3 Å². The van der Waals surface area contributed by atoms with Crippen LogP contribution in [0.1, 0.15) is 16.8 Å². The lowest BCUT2D eigenvalue weighted by molar-refractivity contribution is 0.127. The molecule has 1 atom stereocenters. The van der Waals surface area contributed by atoms with Gasteiger partial charge in [0, 0.05) is 31.2 Å². The van der Waals surface area contributed by atoms with Gasteiger partial charge >= 0.3 is 0 Å². The molecule has 1 aliphatic rings. The van der Waals surface area contributed by atoms with E-state index in [-0.39, 0.29) is 0 Å². The van der Waals surface area contributed by atoms with Crippen molar-refractivity contribution >= 4 is 5.82 Å². The quantitative estimate of drug-likeness (QED) is 0.855. The monoisotopic (exact) mass is 260 g/mol. The number of aromatic nitrogens is 1. The molecule has 1 fully saturated rings. The second-order valence-corrected chi connectivity index (χ2v) is 4.94. The normalized spacial score (nSPS) is 19.5. The van der Waals surface area contributed by atoms with Gasteiger partial charge in [0.05, 0.1) is 18.8 Å². The highest BCUT2D eigenvalue weighted by Gasteiger charge is 2.14. The molecular weight excluding hydrogens is 240 g/mol. The Kier molecular flexibility index (Phi) is 4.72. The summed E-state index contributed by atoms with van der Waals surface area (Å²) >= 11 is 0. The zero-order valence-corrected chi connectivity index (χ0v) is 11.5. The van der Waals surface area contributed by atoms with Crippen molar-refractivity contribution in [1.29, 1.82) is 5.26 Å². The fourth-order valence-corrected chi connectivity index (χ4v) is 2.24. The zero-order chi connectivity index (χ0) is 13.7. The summed E-state index contributed by atoms with van der Waals surface area (Å²) in [7, 11) is 0. The topological polar surface area (TPSA) is 70.0 Å². The van der Waals surface area contributed by atoms with Crippen molar-refractivity contribution in [3.63, 3.8) is 0 Å². The molecule has 0 radical (unpaired) electrons. The smallest absolute Gasteiger partial charge is 0.144 e. The number of hydrogen-bond donors (Lipinski definition) is 2. The lowest BCUT2D eigenvalue weighted by atomic mass is 10.1. The van der Waals surface area contributed by atoms with E-state index in [0.717, 1.165) is 44.1 Å². The fraction of sp³-hybridized carbons (Fsp3) is 0.571. The summed E-state index contributed by atoms with van der Waals surface area (Å²) in [6.07, 6.45) is 0. The Bertz CT molecular complexity index is 473. The highest BCUT2D eigenvalue weighted by molar-refractivity contribution is 5.56. The Balaban J connectivity index is 2.04. The van der Waals surface area contributed by atoms with E-state index in [1.807, 2.05) is 19.9 Å². The maximum atomic E-state index is 9.21. The van der Waals surface area contributed by atoms with Gasteiger partial charge in [0.25, 0.3) is 0 Å². The number of pyridine rings is 1. The molecule has 0 bridgehead atoms. The van der Waals surface area contributed by atoms with Gasteiger partial charge in [0.2, 0.25) is 0 Å². The molecule has 0 spiro atoms. The number of aryl methyl sites for hydroxylation is 2. The summed E-state index contributed by atoms with van der Waals surface area (Å²) in [5, 5.41) is 15.8. The highest BCUT2D eigenvalue weighted by atomic mass is 16.5. The Labute approximate surface area is 114 Å².